The number of aliphatic hydroxyl groups is 1. The molecule has 0 fully saturated rings. The highest BCUT2D eigenvalue weighted by Crippen LogP contribution is 2.34. The van der Waals surface area contributed by atoms with Gasteiger partial charge in [0, 0.05) is 0 Å². The molecule has 2 amide bonds. The summed E-state index contributed by atoms with van der Waals surface area (Å²) in [6.07, 6.45) is 6.14. The first-order valence-electron chi connectivity index (χ1n) is 12.2. The van der Waals surface area contributed by atoms with Gasteiger partial charge in [0.05, 0.1) is 58.4 Å². The number of ether oxygens (including phenoxy) is 2. The van der Waals surface area contributed by atoms with Crippen LogP contribution in [0.4, 0.5) is 11.6 Å². The molecule has 240 valence electrons. The van der Waals surface area contributed by atoms with Crippen LogP contribution in [0, 0.1) is 0 Å². The summed E-state index contributed by atoms with van der Waals surface area (Å²) in [4.78, 5) is 39.5. The summed E-state index contributed by atoms with van der Waals surface area (Å²) in [5.74, 6) is -0.940. The van der Waals surface area contributed by atoms with E-state index in [9.17, 15) is 18.0 Å². The number of carbonyl (C=O) groups excluding carboxylic acids is 2. The van der Waals surface area contributed by atoms with Crippen LogP contribution in [0.3, 0.4) is 0 Å². The number of nitrogens with zero attached hydrogens (tertiary/aromatic N) is 6. The molecule has 0 radical (unpaired) electrons. The Bertz CT molecular complexity index is 1760. The highest BCUT2D eigenvalue weighted by molar-refractivity contribution is 7.98. The summed E-state index contributed by atoms with van der Waals surface area (Å²) in [6.45, 7) is -0.0856. The SMILES string of the molecule is CSc1c(C(N)=O)c2c(N)ncnc2n1COCCO.CSc1c(C(N)=O)c2c(N)ncnc2n1COCCOS(N)(=O)=O. The number of rotatable bonds is 14. The summed E-state index contributed by atoms with van der Waals surface area (Å²) in [6, 6.07) is 0. The number of thioether (sulfide) groups is 2. The van der Waals surface area contributed by atoms with Gasteiger partial charge in [0.15, 0.2) is 0 Å². The van der Waals surface area contributed by atoms with Crippen molar-refractivity contribution in [2.24, 2.45) is 16.6 Å². The van der Waals surface area contributed by atoms with Gasteiger partial charge in [-0.15, -0.1) is 23.5 Å². The zero-order chi connectivity index (χ0) is 32.6. The second-order valence-electron chi connectivity index (χ2n) is 8.38. The molecule has 0 saturated heterocycles. The zero-order valence-electron chi connectivity index (χ0n) is 23.5. The monoisotopic (exact) mass is 673 g/mol. The van der Waals surface area contributed by atoms with Crippen molar-refractivity contribution in [3.63, 3.8) is 0 Å². The van der Waals surface area contributed by atoms with Crippen molar-refractivity contribution in [1.82, 2.24) is 29.1 Å². The summed E-state index contributed by atoms with van der Waals surface area (Å²) in [5.41, 5.74) is 23.9. The molecule has 0 aliphatic carbocycles. The number of primary amides is 2. The lowest BCUT2D eigenvalue weighted by molar-refractivity contribution is 0.0463. The Hall–Kier alpha value is -3.77. The molecule has 4 heterocycles. The van der Waals surface area contributed by atoms with Crippen LogP contribution in [-0.4, -0.2) is 93.3 Å². The number of aliphatic hydroxyl groups excluding tert-OH is 1. The molecule has 0 bridgehead atoms. The lowest BCUT2D eigenvalue weighted by atomic mass is 10.2. The van der Waals surface area contributed by atoms with Crippen LogP contribution < -0.4 is 28.1 Å². The lowest BCUT2D eigenvalue weighted by Gasteiger charge is -2.09. The van der Waals surface area contributed by atoms with Crippen LogP contribution in [0.15, 0.2) is 22.7 Å². The lowest BCUT2D eigenvalue weighted by Crippen LogP contribution is -2.19. The number of hydrogen-bond donors (Lipinski definition) is 6. The highest BCUT2D eigenvalue weighted by Gasteiger charge is 2.25. The standard InChI is InChI=1S/C11H16N6O5S2.C11H15N5O3S/c1-23-11-7(9(13)18)6-8(12)15-4-16-10(6)17(11)5-21-2-3-22-24(14,19)20;1-20-11-7(9(13)18)6-8(12)14-4-15-10(6)16(11)5-19-3-2-17/h4H,2-3,5H2,1H3,(H2,13,18)(H2,12,15,16)(H2,14,19,20);4,17H,2-3,5H2,1H3,(H2,13,18)(H2,12,14,15). The maximum absolute atomic E-state index is 11.8. The number of nitrogens with two attached hydrogens (primary N) is 5. The van der Waals surface area contributed by atoms with E-state index in [4.69, 9.17) is 42.7 Å². The predicted molar refractivity (Wildman–Crippen MR) is 163 cm³/mol. The van der Waals surface area contributed by atoms with Gasteiger partial charge in [-0.05, 0) is 12.5 Å². The van der Waals surface area contributed by atoms with E-state index in [2.05, 4.69) is 24.1 Å². The first-order valence-corrected chi connectivity index (χ1v) is 16.2. The molecule has 44 heavy (non-hydrogen) atoms. The van der Waals surface area contributed by atoms with E-state index >= 15 is 0 Å². The number of nitrogen functional groups attached to an aromatic ring is 2. The molecular formula is C22H31N11O8S3. The number of fused-ring (bicyclic) bond motifs is 2. The molecule has 4 rings (SSSR count). The fraction of sp³-hybridized carbons (Fsp3) is 0.364. The molecule has 0 aliphatic rings. The molecule has 0 saturated carbocycles. The van der Waals surface area contributed by atoms with E-state index in [1.807, 2.05) is 6.26 Å². The second kappa shape index (κ2) is 15.3. The number of anilines is 2. The van der Waals surface area contributed by atoms with Gasteiger partial charge in [0.1, 0.15) is 49.0 Å². The summed E-state index contributed by atoms with van der Waals surface area (Å²) >= 11 is 2.60. The van der Waals surface area contributed by atoms with Gasteiger partial charge >= 0.3 is 10.3 Å². The first kappa shape index (κ1) is 34.7. The Kier molecular flexibility index (Phi) is 12.1. The molecule has 0 aliphatic heterocycles. The Morgan fingerprint density at radius 3 is 1.61 bits per heavy atom. The molecule has 0 spiro atoms. The summed E-state index contributed by atoms with van der Waals surface area (Å²) in [5, 5.41) is 15.4. The minimum atomic E-state index is -4.02. The van der Waals surface area contributed by atoms with Gasteiger partial charge in [0.25, 0.3) is 11.8 Å². The molecule has 4 aromatic rings. The molecule has 0 atom stereocenters. The fourth-order valence-corrected chi connectivity index (χ4v) is 5.88. The number of hydrogen-bond acceptors (Lipinski definition) is 16. The van der Waals surface area contributed by atoms with E-state index in [-0.39, 0.29) is 62.7 Å². The second-order valence-corrected chi connectivity index (χ2v) is 11.2. The fourth-order valence-electron chi connectivity index (χ4n) is 4.05. The minimum absolute atomic E-state index is 0.0234. The van der Waals surface area contributed by atoms with E-state index in [0.717, 1.165) is 0 Å². The van der Waals surface area contributed by atoms with Crippen LogP contribution in [0.1, 0.15) is 20.7 Å². The molecule has 4 aromatic heterocycles. The van der Waals surface area contributed by atoms with Crippen LogP contribution in [0.2, 0.25) is 0 Å². The van der Waals surface area contributed by atoms with Crippen LogP contribution in [0.25, 0.3) is 22.1 Å². The van der Waals surface area contributed by atoms with Crippen LogP contribution in [-0.2, 0) is 37.4 Å². The van der Waals surface area contributed by atoms with Gasteiger partial charge in [0.2, 0.25) is 0 Å². The number of amides is 2. The van der Waals surface area contributed by atoms with Crippen molar-refractivity contribution < 1.29 is 36.8 Å². The van der Waals surface area contributed by atoms with Gasteiger partial charge in [-0.3, -0.25) is 22.9 Å². The highest BCUT2D eigenvalue weighted by atomic mass is 32.2. The Morgan fingerprint density at radius 1 is 0.818 bits per heavy atom. The van der Waals surface area contributed by atoms with Crippen molar-refractivity contribution in [3.05, 3.63) is 23.8 Å². The average Bonchev–Trinajstić information content (AvgIpc) is 3.47. The summed E-state index contributed by atoms with van der Waals surface area (Å²) < 4.78 is 39.6. The van der Waals surface area contributed by atoms with Crippen LogP contribution >= 0.6 is 23.5 Å². The Morgan fingerprint density at radius 2 is 1.25 bits per heavy atom. The average molecular weight is 674 g/mol. The Balaban J connectivity index is 0.000000244. The molecule has 11 N–H and O–H groups in total. The van der Waals surface area contributed by atoms with Gasteiger partial charge < -0.3 is 37.5 Å². The third-order valence-electron chi connectivity index (χ3n) is 5.67. The normalized spacial score (nSPS) is 11.5. The van der Waals surface area contributed by atoms with Crippen molar-refractivity contribution >= 4 is 79.3 Å². The van der Waals surface area contributed by atoms with Crippen molar-refractivity contribution in [3.8, 4) is 0 Å². The molecule has 0 unspecified atom stereocenters. The molecule has 19 nitrogen and oxygen atoms in total. The number of aromatic nitrogens is 6. The smallest absolute Gasteiger partial charge is 0.333 e. The van der Waals surface area contributed by atoms with Gasteiger partial charge in [-0.1, -0.05) is 0 Å². The van der Waals surface area contributed by atoms with Crippen molar-refractivity contribution in [1.29, 1.82) is 0 Å². The minimum Gasteiger partial charge on any atom is -0.394 e. The maximum Gasteiger partial charge on any atom is 0.333 e. The van der Waals surface area contributed by atoms with E-state index in [0.29, 0.717) is 32.1 Å². The maximum atomic E-state index is 11.8. The first-order chi connectivity index (χ1) is 20.9. The van der Waals surface area contributed by atoms with E-state index in [1.54, 1.807) is 15.4 Å². The number of carbonyl (C=O) groups is 2. The van der Waals surface area contributed by atoms with E-state index < -0.39 is 22.1 Å². The molecule has 0 aromatic carbocycles. The third-order valence-corrected chi connectivity index (χ3v) is 7.79. The van der Waals surface area contributed by atoms with E-state index in [1.165, 1.54) is 36.2 Å². The van der Waals surface area contributed by atoms with Crippen molar-refractivity contribution in [2.75, 3.05) is 50.4 Å². The quantitative estimate of drug-likeness (QED) is 0.0678. The topological polar surface area (TPSA) is 308 Å². The van der Waals surface area contributed by atoms with Gasteiger partial charge in [-0.25, -0.2) is 25.1 Å². The Labute approximate surface area is 259 Å². The van der Waals surface area contributed by atoms with Gasteiger partial charge in [-0.2, -0.15) is 8.42 Å². The molecular weight excluding hydrogens is 643 g/mol. The van der Waals surface area contributed by atoms with Crippen LogP contribution in [0.5, 0.6) is 0 Å². The predicted octanol–water partition coefficient (Wildman–Crippen LogP) is -1.17. The third kappa shape index (κ3) is 7.84. The largest absolute Gasteiger partial charge is 0.394 e. The zero-order valence-corrected chi connectivity index (χ0v) is 25.9. The van der Waals surface area contributed by atoms with Crippen molar-refractivity contribution in [2.45, 2.75) is 23.5 Å². The summed E-state index contributed by atoms with van der Waals surface area (Å²) in [7, 11) is -4.02. The molecule has 22 heteroatoms.